The van der Waals surface area contributed by atoms with E-state index in [4.69, 9.17) is 5.73 Å². The first-order chi connectivity index (χ1) is 8.99. The fraction of sp³-hybridized carbons (Fsp3) is 0.643. The van der Waals surface area contributed by atoms with Crippen LogP contribution in [0.15, 0.2) is 4.90 Å². The normalized spacial score (nSPS) is 23.1. The number of ketones is 1. The second kappa shape index (κ2) is 5.75. The van der Waals surface area contributed by atoms with Crippen LogP contribution in [0.5, 0.6) is 0 Å². The summed E-state index contributed by atoms with van der Waals surface area (Å²) in [5.74, 6) is 1.55. The third-order valence-electron chi connectivity index (χ3n) is 3.94. The highest BCUT2D eigenvalue weighted by molar-refractivity contribution is 7.99. The molecule has 2 rings (SSSR count). The third kappa shape index (κ3) is 2.63. The van der Waals surface area contributed by atoms with Gasteiger partial charge in [-0.15, -0.1) is 23.1 Å². The Morgan fingerprint density at radius 3 is 2.47 bits per heavy atom. The van der Waals surface area contributed by atoms with Gasteiger partial charge in [0.15, 0.2) is 5.78 Å². The van der Waals surface area contributed by atoms with Crippen molar-refractivity contribution in [1.29, 1.82) is 0 Å². The number of hydrogen-bond acceptors (Lipinski definition) is 5. The quantitative estimate of drug-likeness (QED) is 0.679. The molecular formula is C14H22N2OS2. The molecule has 19 heavy (non-hydrogen) atoms. The highest BCUT2D eigenvalue weighted by Gasteiger charge is 2.30. The molecule has 1 fully saturated rings. The van der Waals surface area contributed by atoms with E-state index in [9.17, 15) is 4.79 Å². The Balaban J connectivity index is 2.38. The number of hydrogen-bond donors (Lipinski definition) is 1. The highest BCUT2D eigenvalue weighted by atomic mass is 32.2. The Labute approximate surface area is 123 Å². The molecule has 1 aliphatic heterocycles. The van der Waals surface area contributed by atoms with E-state index in [1.54, 1.807) is 23.1 Å². The molecule has 2 atom stereocenters. The van der Waals surface area contributed by atoms with Crippen LogP contribution in [0.3, 0.4) is 0 Å². The van der Waals surface area contributed by atoms with Crippen molar-refractivity contribution in [3.8, 4) is 0 Å². The molecule has 1 aliphatic rings. The van der Waals surface area contributed by atoms with Gasteiger partial charge in [-0.05, 0) is 18.1 Å². The molecule has 2 N–H and O–H groups in total. The highest BCUT2D eigenvalue weighted by Crippen LogP contribution is 2.46. The molecule has 0 radical (unpaired) electrons. The summed E-state index contributed by atoms with van der Waals surface area (Å²) in [5.41, 5.74) is 6.86. The molecule has 0 bridgehead atoms. The zero-order chi connectivity index (χ0) is 14.2. The van der Waals surface area contributed by atoms with Gasteiger partial charge in [-0.2, -0.15) is 0 Å². The lowest BCUT2D eigenvalue weighted by atomic mass is 10.0. The number of Topliss-reactive ketones (excluding diaryl/α,β-unsaturated/α-hetero) is 1. The largest absolute Gasteiger partial charge is 0.396 e. The van der Waals surface area contributed by atoms with Crippen LogP contribution in [0.2, 0.25) is 0 Å². The number of nitrogens with two attached hydrogens (primary N) is 1. The van der Waals surface area contributed by atoms with Gasteiger partial charge in [-0.25, -0.2) is 0 Å². The second-order valence-corrected chi connectivity index (χ2v) is 7.14. The first-order valence-corrected chi connectivity index (χ1v) is 8.78. The number of carbonyl (C=O) groups is 1. The van der Waals surface area contributed by atoms with Crippen LogP contribution in [0.25, 0.3) is 0 Å². The predicted molar refractivity (Wildman–Crippen MR) is 85.7 cm³/mol. The smallest absolute Gasteiger partial charge is 0.174 e. The second-order valence-electron chi connectivity index (χ2n) is 5.32. The fourth-order valence-electron chi connectivity index (χ4n) is 2.48. The molecule has 0 amide bonds. The molecule has 2 unspecified atom stereocenters. The van der Waals surface area contributed by atoms with Gasteiger partial charge in [-0.1, -0.05) is 20.8 Å². The summed E-state index contributed by atoms with van der Waals surface area (Å²) < 4.78 is 0. The molecule has 2 heterocycles. The van der Waals surface area contributed by atoms with E-state index in [2.05, 4.69) is 18.7 Å². The van der Waals surface area contributed by atoms with Gasteiger partial charge in [-0.3, -0.25) is 4.79 Å². The van der Waals surface area contributed by atoms with Gasteiger partial charge in [0.1, 0.15) is 5.00 Å². The molecule has 0 aliphatic carbocycles. The molecule has 1 saturated heterocycles. The maximum atomic E-state index is 12.0. The lowest BCUT2D eigenvalue weighted by molar-refractivity contribution is 0.0992. The van der Waals surface area contributed by atoms with Gasteiger partial charge in [0.05, 0.1) is 15.5 Å². The SMILES string of the molecule is CCC(=O)c1sc(N2CC(C)C(C)C2)c(SC)c1N. The number of rotatable bonds is 4. The Morgan fingerprint density at radius 2 is 2.00 bits per heavy atom. The molecule has 106 valence electrons. The molecular weight excluding hydrogens is 276 g/mol. The minimum Gasteiger partial charge on any atom is -0.396 e. The Kier molecular flexibility index (Phi) is 4.46. The van der Waals surface area contributed by atoms with Crippen molar-refractivity contribution in [3.63, 3.8) is 0 Å². The lowest BCUT2D eigenvalue weighted by Crippen LogP contribution is -2.18. The maximum Gasteiger partial charge on any atom is 0.174 e. The Morgan fingerprint density at radius 1 is 1.42 bits per heavy atom. The number of nitrogen functional groups attached to an aromatic ring is 1. The topological polar surface area (TPSA) is 46.3 Å². The Bertz CT molecular complexity index is 474. The number of thioether (sulfide) groups is 1. The van der Waals surface area contributed by atoms with E-state index in [1.807, 2.05) is 13.2 Å². The van der Waals surface area contributed by atoms with Crippen molar-refractivity contribution in [2.24, 2.45) is 11.8 Å². The molecule has 1 aromatic heterocycles. The van der Waals surface area contributed by atoms with Crippen LogP contribution in [-0.4, -0.2) is 25.1 Å². The zero-order valence-electron chi connectivity index (χ0n) is 12.0. The summed E-state index contributed by atoms with van der Waals surface area (Å²) in [4.78, 5) is 16.2. The summed E-state index contributed by atoms with van der Waals surface area (Å²) in [7, 11) is 0. The Hall–Kier alpha value is -0.680. The van der Waals surface area contributed by atoms with Gasteiger partial charge in [0.25, 0.3) is 0 Å². The summed E-state index contributed by atoms with van der Waals surface area (Å²) in [6.45, 7) is 8.60. The van der Waals surface area contributed by atoms with Crippen molar-refractivity contribution in [1.82, 2.24) is 0 Å². The monoisotopic (exact) mass is 298 g/mol. The van der Waals surface area contributed by atoms with Crippen LogP contribution in [-0.2, 0) is 0 Å². The van der Waals surface area contributed by atoms with Crippen LogP contribution >= 0.6 is 23.1 Å². The first-order valence-electron chi connectivity index (χ1n) is 6.73. The van der Waals surface area contributed by atoms with Crippen LogP contribution in [0.1, 0.15) is 36.9 Å². The van der Waals surface area contributed by atoms with Crippen LogP contribution < -0.4 is 10.6 Å². The standard InChI is InChI=1S/C14H22N2OS2/c1-5-10(17)12-11(15)13(18-4)14(19-12)16-6-8(2)9(3)7-16/h8-9H,5-7,15H2,1-4H3. The molecule has 0 saturated carbocycles. The van der Waals surface area contributed by atoms with E-state index in [1.165, 1.54) is 5.00 Å². The number of nitrogens with zero attached hydrogens (tertiary/aromatic N) is 1. The molecule has 0 spiro atoms. The van der Waals surface area contributed by atoms with E-state index < -0.39 is 0 Å². The van der Waals surface area contributed by atoms with E-state index >= 15 is 0 Å². The van der Waals surface area contributed by atoms with E-state index in [0.717, 1.165) is 22.9 Å². The fourth-order valence-corrected chi connectivity index (χ4v) is 4.69. The van der Waals surface area contributed by atoms with Crippen LogP contribution in [0, 0.1) is 11.8 Å². The van der Waals surface area contributed by atoms with Crippen molar-refractivity contribution < 1.29 is 4.79 Å². The van der Waals surface area contributed by atoms with Gasteiger partial charge >= 0.3 is 0 Å². The predicted octanol–water partition coefficient (Wildman–Crippen LogP) is 3.74. The molecule has 3 nitrogen and oxygen atoms in total. The van der Waals surface area contributed by atoms with Gasteiger partial charge in [0, 0.05) is 19.5 Å². The van der Waals surface area contributed by atoms with Crippen molar-refractivity contribution in [2.75, 3.05) is 30.0 Å². The maximum absolute atomic E-state index is 12.0. The summed E-state index contributed by atoms with van der Waals surface area (Å²) >= 11 is 3.23. The van der Waals surface area contributed by atoms with Gasteiger partial charge in [0.2, 0.25) is 0 Å². The molecule has 0 aromatic carbocycles. The van der Waals surface area contributed by atoms with E-state index in [-0.39, 0.29) is 5.78 Å². The molecule has 5 heteroatoms. The zero-order valence-corrected chi connectivity index (χ0v) is 13.7. The lowest BCUT2D eigenvalue weighted by Gasteiger charge is -2.17. The summed E-state index contributed by atoms with van der Waals surface area (Å²) in [5, 5.41) is 1.19. The number of anilines is 2. The minimum atomic E-state index is 0.157. The average molecular weight is 298 g/mol. The van der Waals surface area contributed by atoms with E-state index in [0.29, 0.717) is 23.9 Å². The average Bonchev–Trinajstić information content (AvgIpc) is 2.89. The number of thiophene rings is 1. The molecule has 1 aromatic rings. The van der Waals surface area contributed by atoms with Crippen LogP contribution in [0.4, 0.5) is 10.7 Å². The van der Waals surface area contributed by atoms with Crippen molar-refractivity contribution in [2.45, 2.75) is 32.1 Å². The first kappa shape index (κ1) is 14.7. The van der Waals surface area contributed by atoms with Crippen molar-refractivity contribution >= 4 is 39.6 Å². The van der Waals surface area contributed by atoms with Gasteiger partial charge < -0.3 is 10.6 Å². The summed E-state index contributed by atoms with van der Waals surface area (Å²) in [6, 6.07) is 0. The number of carbonyl (C=O) groups excluding carboxylic acids is 1. The minimum absolute atomic E-state index is 0.157. The van der Waals surface area contributed by atoms with Crippen molar-refractivity contribution in [3.05, 3.63) is 4.88 Å². The summed E-state index contributed by atoms with van der Waals surface area (Å²) in [6.07, 6.45) is 2.55. The third-order valence-corrected chi connectivity index (χ3v) is 6.19.